The molecule has 1 atom stereocenters. The second kappa shape index (κ2) is 5.77. The number of piperidine rings is 1. The van der Waals surface area contributed by atoms with Crippen LogP contribution < -0.4 is 4.90 Å². The molecule has 0 N–H and O–H groups in total. The van der Waals surface area contributed by atoms with Gasteiger partial charge in [-0.3, -0.25) is 0 Å². The molecule has 1 fully saturated rings. The van der Waals surface area contributed by atoms with E-state index in [-0.39, 0.29) is 0 Å². The standard InChI is InChI=1S/C11H16IN3O/c1-2-16-10-4-3-5-15(8-10)11-13-6-9(12)7-14-11/h6-7,10H,2-5,8H2,1H3. The lowest BCUT2D eigenvalue weighted by molar-refractivity contribution is 0.0523. The van der Waals surface area contributed by atoms with Gasteiger partial charge in [0.25, 0.3) is 0 Å². The van der Waals surface area contributed by atoms with Crippen molar-refractivity contribution in [2.75, 3.05) is 24.6 Å². The maximum Gasteiger partial charge on any atom is 0.225 e. The van der Waals surface area contributed by atoms with E-state index in [2.05, 4.69) is 37.5 Å². The molecule has 0 bridgehead atoms. The molecule has 2 heterocycles. The van der Waals surface area contributed by atoms with Gasteiger partial charge in [0.15, 0.2) is 0 Å². The third kappa shape index (κ3) is 3.04. The zero-order chi connectivity index (χ0) is 11.4. The molecule has 0 aromatic carbocycles. The molecule has 88 valence electrons. The Morgan fingerprint density at radius 2 is 2.25 bits per heavy atom. The van der Waals surface area contributed by atoms with E-state index in [0.717, 1.165) is 42.1 Å². The molecule has 1 aromatic heterocycles. The van der Waals surface area contributed by atoms with Crippen LogP contribution in [0.2, 0.25) is 0 Å². The van der Waals surface area contributed by atoms with Crippen molar-refractivity contribution >= 4 is 28.5 Å². The molecule has 0 radical (unpaired) electrons. The fraction of sp³-hybridized carbons (Fsp3) is 0.636. The molecule has 0 amide bonds. The van der Waals surface area contributed by atoms with E-state index < -0.39 is 0 Å². The lowest BCUT2D eigenvalue weighted by Crippen LogP contribution is -2.40. The Kier molecular flexibility index (Phi) is 4.34. The van der Waals surface area contributed by atoms with E-state index in [1.165, 1.54) is 0 Å². The van der Waals surface area contributed by atoms with Crippen LogP contribution in [-0.2, 0) is 4.74 Å². The van der Waals surface area contributed by atoms with Gasteiger partial charge in [-0.05, 0) is 42.4 Å². The summed E-state index contributed by atoms with van der Waals surface area (Å²) >= 11 is 2.22. The summed E-state index contributed by atoms with van der Waals surface area (Å²) < 4.78 is 6.73. The molecule has 5 heteroatoms. The van der Waals surface area contributed by atoms with Gasteiger partial charge in [0.05, 0.1) is 6.10 Å². The minimum atomic E-state index is 0.335. The summed E-state index contributed by atoms with van der Waals surface area (Å²) in [5, 5.41) is 0. The van der Waals surface area contributed by atoms with Crippen LogP contribution in [0.3, 0.4) is 0 Å². The van der Waals surface area contributed by atoms with Crippen molar-refractivity contribution in [3.05, 3.63) is 16.0 Å². The van der Waals surface area contributed by atoms with Gasteiger partial charge in [0, 0.05) is 35.7 Å². The zero-order valence-electron chi connectivity index (χ0n) is 9.40. The number of halogens is 1. The number of nitrogens with zero attached hydrogens (tertiary/aromatic N) is 3. The molecule has 0 aliphatic carbocycles. The summed E-state index contributed by atoms with van der Waals surface area (Å²) in [6.07, 6.45) is 6.34. The molecule has 1 saturated heterocycles. The number of aromatic nitrogens is 2. The number of ether oxygens (including phenoxy) is 1. The number of rotatable bonds is 3. The van der Waals surface area contributed by atoms with Crippen molar-refractivity contribution < 1.29 is 4.74 Å². The summed E-state index contributed by atoms with van der Waals surface area (Å²) in [6, 6.07) is 0. The summed E-state index contributed by atoms with van der Waals surface area (Å²) in [5.41, 5.74) is 0. The smallest absolute Gasteiger partial charge is 0.225 e. The normalized spacial score (nSPS) is 21.1. The first kappa shape index (κ1) is 12.0. The number of hydrogen-bond donors (Lipinski definition) is 0. The molecule has 0 spiro atoms. The van der Waals surface area contributed by atoms with Gasteiger partial charge in [-0.25, -0.2) is 9.97 Å². The SMILES string of the molecule is CCOC1CCCN(c2ncc(I)cn2)C1. The predicted octanol–water partition coefficient (Wildman–Crippen LogP) is 2.09. The van der Waals surface area contributed by atoms with Crippen LogP contribution in [-0.4, -0.2) is 35.8 Å². The van der Waals surface area contributed by atoms with Crippen LogP contribution in [0.15, 0.2) is 12.4 Å². The molecule has 0 saturated carbocycles. The molecule has 1 aromatic rings. The van der Waals surface area contributed by atoms with Crippen molar-refractivity contribution in [2.45, 2.75) is 25.9 Å². The molecule has 4 nitrogen and oxygen atoms in total. The number of anilines is 1. The highest BCUT2D eigenvalue weighted by Crippen LogP contribution is 2.17. The van der Waals surface area contributed by atoms with E-state index in [4.69, 9.17) is 4.74 Å². The monoisotopic (exact) mass is 333 g/mol. The van der Waals surface area contributed by atoms with E-state index in [0.29, 0.717) is 6.10 Å². The van der Waals surface area contributed by atoms with Crippen molar-refractivity contribution in [1.29, 1.82) is 0 Å². The van der Waals surface area contributed by atoms with Crippen molar-refractivity contribution in [1.82, 2.24) is 9.97 Å². The van der Waals surface area contributed by atoms with Gasteiger partial charge in [0.1, 0.15) is 0 Å². The quantitative estimate of drug-likeness (QED) is 0.794. The molecule has 1 aliphatic heterocycles. The van der Waals surface area contributed by atoms with E-state index >= 15 is 0 Å². The van der Waals surface area contributed by atoms with Crippen LogP contribution in [0, 0.1) is 3.57 Å². The molecule has 1 unspecified atom stereocenters. The highest BCUT2D eigenvalue weighted by molar-refractivity contribution is 14.1. The largest absolute Gasteiger partial charge is 0.377 e. The van der Waals surface area contributed by atoms with Crippen LogP contribution in [0.25, 0.3) is 0 Å². The Morgan fingerprint density at radius 3 is 2.94 bits per heavy atom. The van der Waals surface area contributed by atoms with E-state index in [1.54, 1.807) is 0 Å². The average Bonchev–Trinajstić information content (AvgIpc) is 2.31. The number of hydrogen-bond acceptors (Lipinski definition) is 4. The highest BCUT2D eigenvalue weighted by atomic mass is 127. The van der Waals surface area contributed by atoms with Crippen molar-refractivity contribution in [3.8, 4) is 0 Å². The summed E-state index contributed by atoms with van der Waals surface area (Å²) in [7, 11) is 0. The van der Waals surface area contributed by atoms with Crippen molar-refractivity contribution in [3.63, 3.8) is 0 Å². The van der Waals surface area contributed by atoms with Crippen LogP contribution in [0.4, 0.5) is 5.95 Å². The minimum absolute atomic E-state index is 0.335. The van der Waals surface area contributed by atoms with Crippen LogP contribution in [0.5, 0.6) is 0 Å². The topological polar surface area (TPSA) is 38.2 Å². The lowest BCUT2D eigenvalue weighted by Gasteiger charge is -2.32. The maximum absolute atomic E-state index is 5.66. The molecule has 2 rings (SSSR count). The Balaban J connectivity index is 2.01. The Bertz CT molecular complexity index is 329. The predicted molar refractivity (Wildman–Crippen MR) is 71.6 cm³/mol. The first-order valence-corrected chi connectivity index (χ1v) is 6.71. The summed E-state index contributed by atoms with van der Waals surface area (Å²) in [4.78, 5) is 10.9. The van der Waals surface area contributed by atoms with E-state index in [9.17, 15) is 0 Å². The molecule has 1 aliphatic rings. The highest BCUT2D eigenvalue weighted by Gasteiger charge is 2.21. The van der Waals surface area contributed by atoms with Crippen LogP contribution in [0.1, 0.15) is 19.8 Å². The summed E-state index contributed by atoms with van der Waals surface area (Å²) in [5.74, 6) is 0.824. The third-order valence-corrected chi connectivity index (χ3v) is 3.23. The minimum Gasteiger partial charge on any atom is -0.377 e. The van der Waals surface area contributed by atoms with Gasteiger partial charge < -0.3 is 9.64 Å². The van der Waals surface area contributed by atoms with E-state index in [1.807, 2.05) is 19.3 Å². The van der Waals surface area contributed by atoms with Crippen LogP contribution >= 0.6 is 22.6 Å². The Hall–Kier alpha value is -0.430. The summed E-state index contributed by atoms with van der Waals surface area (Å²) in [6.45, 7) is 4.77. The first-order chi connectivity index (χ1) is 7.79. The molecule has 16 heavy (non-hydrogen) atoms. The van der Waals surface area contributed by atoms with Crippen molar-refractivity contribution in [2.24, 2.45) is 0 Å². The lowest BCUT2D eigenvalue weighted by atomic mass is 10.1. The van der Waals surface area contributed by atoms with Gasteiger partial charge >= 0.3 is 0 Å². The Morgan fingerprint density at radius 1 is 1.50 bits per heavy atom. The van der Waals surface area contributed by atoms with Gasteiger partial charge in [-0.15, -0.1) is 0 Å². The third-order valence-electron chi connectivity index (χ3n) is 2.67. The van der Waals surface area contributed by atoms with Gasteiger partial charge in [0.2, 0.25) is 5.95 Å². The van der Waals surface area contributed by atoms with Gasteiger partial charge in [-0.1, -0.05) is 0 Å². The zero-order valence-corrected chi connectivity index (χ0v) is 11.6. The fourth-order valence-corrected chi connectivity index (χ4v) is 2.24. The fourth-order valence-electron chi connectivity index (χ4n) is 1.96. The Labute approximate surface area is 110 Å². The molecular formula is C11H16IN3O. The maximum atomic E-state index is 5.66. The second-order valence-corrected chi connectivity index (χ2v) is 5.11. The molecular weight excluding hydrogens is 317 g/mol. The average molecular weight is 333 g/mol. The van der Waals surface area contributed by atoms with Gasteiger partial charge in [-0.2, -0.15) is 0 Å². The first-order valence-electron chi connectivity index (χ1n) is 5.63. The second-order valence-electron chi connectivity index (χ2n) is 3.87.